The number of aromatic nitrogens is 3. The van der Waals surface area contributed by atoms with Crippen molar-refractivity contribution in [2.45, 2.75) is 17.8 Å². The lowest BCUT2D eigenvalue weighted by Gasteiger charge is -2.07. The Hall–Kier alpha value is -2.99. The second kappa shape index (κ2) is 7.72. The molecule has 27 heavy (non-hydrogen) atoms. The van der Waals surface area contributed by atoms with Crippen LogP contribution in [-0.2, 0) is 5.75 Å². The molecule has 4 aromatic rings. The predicted molar refractivity (Wildman–Crippen MR) is 106 cm³/mol. The number of ether oxygens (including phenoxy) is 1. The normalized spacial score (nSPS) is 10.9. The third-order valence-corrected chi connectivity index (χ3v) is 5.16. The molecule has 0 aliphatic carbocycles. The zero-order valence-corrected chi connectivity index (χ0v) is 15.9. The first-order valence-electron chi connectivity index (χ1n) is 8.57. The van der Waals surface area contributed by atoms with E-state index < -0.39 is 0 Å². The molecule has 136 valence electrons. The Kier molecular flexibility index (Phi) is 4.98. The van der Waals surface area contributed by atoms with Gasteiger partial charge in [-0.3, -0.25) is 4.57 Å². The Morgan fingerprint density at radius 2 is 2.00 bits per heavy atom. The zero-order chi connectivity index (χ0) is 18.6. The van der Waals surface area contributed by atoms with Crippen molar-refractivity contribution in [3.8, 4) is 22.7 Å². The van der Waals surface area contributed by atoms with E-state index in [0.29, 0.717) is 5.75 Å². The average Bonchev–Trinajstić information content (AvgIpc) is 3.35. The van der Waals surface area contributed by atoms with Crippen molar-refractivity contribution in [1.29, 1.82) is 0 Å². The molecule has 0 aliphatic rings. The molecule has 4 rings (SSSR count). The van der Waals surface area contributed by atoms with Gasteiger partial charge in [-0.25, -0.2) is 4.98 Å². The highest BCUT2D eigenvalue weighted by Gasteiger charge is 2.13. The quantitative estimate of drug-likeness (QED) is 0.436. The van der Waals surface area contributed by atoms with Gasteiger partial charge in [-0.05, 0) is 36.8 Å². The number of aryl methyl sites for hydroxylation is 1. The molecule has 0 saturated heterocycles. The summed E-state index contributed by atoms with van der Waals surface area (Å²) < 4.78 is 13.0. The summed E-state index contributed by atoms with van der Waals surface area (Å²) in [5, 5.41) is 5.10. The third-order valence-electron chi connectivity index (χ3n) is 4.17. The number of methoxy groups -OCH3 is 1. The van der Waals surface area contributed by atoms with E-state index in [4.69, 9.17) is 9.26 Å². The fraction of sp³-hybridized carbons (Fsp3) is 0.143. The van der Waals surface area contributed by atoms with Crippen molar-refractivity contribution in [2.24, 2.45) is 0 Å². The second-order valence-electron chi connectivity index (χ2n) is 6.09. The molecular formula is C21H19N3O2S. The highest BCUT2D eigenvalue weighted by molar-refractivity contribution is 7.98. The van der Waals surface area contributed by atoms with Gasteiger partial charge in [0.15, 0.2) is 5.16 Å². The Bertz CT molecular complexity index is 1050. The van der Waals surface area contributed by atoms with Crippen molar-refractivity contribution in [3.05, 3.63) is 78.3 Å². The number of thioether (sulfide) groups is 1. The lowest BCUT2D eigenvalue weighted by atomic mass is 10.1. The number of nitrogens with zero attached hydrogens (tertiary/aromatic N) is 3. The summed E-state index contributed by atoms with van der Waals surface area (Å²) in [6, 6.07) is 18.1. The highest BCUT2D eigenvalue weighted by atomic mass is 32.2. The van der Waals surface area contributed by atoms with Crippen LogP contribution in [0.15, 0.2) is 76.7 Å². The van der Waals surface area contributed by atoms with Crippen molar-refractivity contribution >= 4 is 11.8 Å². The Morgan fingerprint density at radius 3 is 2.85 bits per heavy atom. The van der Waals surface area contributed by atoms with Gasteiger partial charge in [0.05, 0.1) is 12.9 Å². The molecular weight excluding hydrogens is 358 g/mol. The molecule has 0 amide bonds. The van der Waals surface area contributed by atoms with Gasteiger partial charge in [0, 0.05) is 29.7 Å². The van der Waals surface area contributed by atoms with Crippen LogP contribution >= 0.6 is 11.8 Å². The van der Waals surface area contributed by atoms with Gasteiger partial charge >= 0.3 is 0 Å². The van der Waals surface area contributed by atoms with Crippen LogP contribution in [0.5, 0.6) is 5.75 Å². The fourth-order valence-electron chi connectivity index (χ4n) is 2.87. The van der Waals surface area contributed by atoms with Crippen LogP contribution in [0.2, 0.25) is 0 Å². The molecule has 6 heteroatoms. The maximum Gasteiger partial charge on any atom is 0.173 e. The molecule has 0 bridgehead atoms. The molecule has 0 spiro atoms. The molecule has 2 heterocycles. The van der Waals surface area contributed by atoms with Crippen molar-refractivity contribution in [3.63, 3.8) is 0 Å². The molecule has 5 nitrogen and oxygen atoms in total. The lowest BCUT2D eigenvalue weighted by Crippen LogP contribution is -1.95. The molecule has 0 saturated carbocycles. The van der Waals surface area contributed by atoms with Crippen LogP contribution in [0.1, 0.15) is 11.3 Å². The number of imidazole rings is 1. The number of para-hydroxylation sites is 1. The number of hydrogen-bond donors (Lipinski definition) is 0. The molecule has 0 fully saturated rings. The summed E-state index contributed by atoms with van der Waals surface area (Å²) in [5.74, 6) is 2.21. The smallest absolute Gasteiger partial charge is 0.173 e. The van der Waals surface area contributed by atoms with E-state index in [1.165, 1.54) is 5.56 Å². The van der Waals surface area contributed by atoms with Gasteiger partial charge in [-0.15, -0.1) is 0 Å². The van der Waals surface area contributed by atoms with Crippen molar-refractivity contribution < 1.29 is 9.26 Å². The van der Waals surface area contributed by atoms with Crippen molar-refractivity contribution in [2.75, 3.05) is 7.11 Å². The molecule has 2 aromatic heterocycles. The first kappa shape index (κ1) is 17.4. The van der Waals surface area contributed by atoms with Gasteiger partial charge in [-0.1, -0.05) is 41.2 Å². The first-order chi connectivity index (χ1) is 13.2. The summed E-state index contributed by atoms with van der Waals surface area (Å²) in [7, 11) is 1.65. The molecule has 0 atom stereocenters. The average molecular weight is 377 g/mol. The Morgan fingerprint density at radius 1 is 1.11 bits per heavy atom. The number of rotatable bonds is 6. The molecule has 2 aromatic carbocycles. The number of benzene rings is 2. The monoisotopic (exact) mass is 377 g/mol. The minimum absolute atomic E-state index is 0.644. The van der Waals surface area contributed by atoms with Gasteiger partial charge in [0.25, 0.3) is 0 Å². The van der Waals surface area contributed by atoms with Crippen LogP contribution in [-0.4, -0.2) is 21.8 Å². The Labute approximate surface area is 162 Å². The van der Waals surface area contributed by atoms with E-state index in [0.717, 1.165) is 33.6 Å². The van der Waals surface area contributed by atoms with Crippen LogP contribution in [0.25, 0.3) is 16.9 Å². The summed E-state index contributed by atoms with van der Waals surface area (Å²) in [6.07, 6.45) is 3.78. The third kappa shape index (κ3) is 3.75. The molecule has 0 radical (unpaired) electrons. The largest absolute Gasteiger partial charge is 0.496 e. The maximum absolute atomic E-state index is 5.52. The SMILES string of the molecule is COc1ccccc1-c1cc(CSc2nccn2-c2cccc(C)c2)on1. The van der Waals surface area contributed by atoms with Crippen LogP contribution in [0, 0.1) is 6.92 Å². The minimum atomic E-state index is 0.644. The topological polar surface area (TPSA) is 53.1 Å². The molecule has 0 aliphatic heterocycles. The maximum atomic E-state index is 5.52. The second-order valence-corrected chi connectivity index (χ2v) is 7.03. The van der Waals surface area contributed by atoms with Crippen molar-refractivity contribution in [1.82, 2.24) is 14.7 Å². The lowest BCUT2D eigenvalue weighted by molar-refractivity contribution is 0.395. The summed E-state index contributed by atoms with van der Waals surface area (Å²) in [4.78, 5) is 4.47. The van der Waals surface area contributed by atoms with E-state index in [2.05, 4.69) is 45.9 Å². The van der Waals surface area contributed by atoms with Crippen LogP contribution in [0.3, 0.4) is 0 Å². The first-order valence-corrected chi connectivity index (χ1v) is 9.55. The van der Waals surface area contributed by atoms with Gasteiger partial charge < -0.3 is 9.26 Å². The van der Waals surface area contributed by atoms with Gasteiger partial charge in [0.1, 0.15) is 17.2 Å². The van der Waals surface area contributed by atoms with Crippen LogP contribution < -0.4 is 4.74 Å². The van der Waals surface area contributed by atoms with Crippen LogP contribution in [0.4, 0.5) is 0 Å². The summed E-state index contributed by atoms with van der Waals surface area (Å²) >= 11 is 1.61. The van der Waals surface area contributed by atoms with E-state index in [9.17, 15) is 0 Å². The predicted octanol–water partition coefficient (Wildman–Crippen LogP) is 5.14. The molecule has 0 unspecified atom stereocenters. The summed E-state index contributed by atoms with van der Waals surface area (Å²) in [6.45, 7) is 2.08. The number of hydrogen-bond acceptors (Lipinski definition) is 5. The van der Waals surface area contributed by atoms with E-state index in [-0.39, 0.29) is 0 Å². The standard InChI is InChI=1S/C21H19N3O2S/c1-15-6-5-7-16(12-15)24-11-10-22-21(24)27-14-17-13-19(23-26-17)18-8-3-4-9-20(18)25-2/h3-13H,14H2,1-2H3. The Balaban J connectivity index is 1.51. The summed E-state index contributed by atoms with van der Waals surface area (Å²) in [5.41, 5.74) is 4.00. The van der Waals surface area contributed by atoms with E-state index in [1.54, 1.807) is 18.9 Å². The molecule has 0 N–H and O–H groups in total. The van der Waals surface area contributed by atoms with Gasteiger partial charge in [-0.2, -0.15) is 0 Å². The van der Waals surface area contributed by atoms with E-state index in [1.807, 2.05) is 42.7 Å². The minimum Gasteiger partial charge on any atom is -0.496 e. The fourth-order valence-corrected chi connectivity index (χ4v) is 3.72. The highest BCUT2D eigenvalue weighted by Crippen LogP contribution is 2.31. The van der Waals surface area contributed by atoms with E-state index >= 15 is 0 Å². The van der Waals surface area contributed by atoms with Gasteiger partial charge in [0.2, 0.25) is 0 Å². The zero-order valence-electron chi connectivity index (χ0n) is 15.1.